The van der Waals surface area contributed by atoms with Gasteiger partial charge in [-0.2, -0.15) is 0 Å². The lowest BCUT2D eigenvalue weighted by Gasteiger charge is -2.15. The Labute approximate surface area is 159 Å². The Balaban J connectivity index is 1.89. The van der Waals surface area contributed by atoms with Crippen molar-refractivity contribution in [3.8, 4) is 5.75 Å². The SMILES string of the molecule is COC(=O)c1ccc(N2C(=O)C(Cl)=C(Nc3cc(C)ccc3O)C2=O)cc1. The average molecular weight is 387 g/mol. The second-order valence-corrected chi connectivity index (χ2v) is 6.20. The van der Waals surface area contributed by atoms with Crippen LogP contribution in [0.3, 0.4) is 0 Å². The molecule has 0 radical (unpaired) electrons. The number of hydrogen-bond acceptors (Lipinski definition) is 6. The molecule has 8 heteroatoms. The summed E-state index contributed by atoms with van der Waals surface area (Å²) in [5.74, 6) is -1.99. The Bertz CT molecular complexity index is 982. The molecule has 0 aromatic heterocycles. The quantitative estimate of drug-likeness (QED) is 0.476. The predicted octanol–water partition coefficient (Wildman–Crippen LogP) is 2.92. The minimum absolute atomic E-state index is 0.0845. The number of nitrogens with zero attached hydrogens (tertiary/aromatic N) is 1. The molecular weight excluding hydrogens is 372 g/mol. The smallest absolute Gasteiger partial charge is 0.337 e. The minimum atomic E-state index is -0.706. The molecule has 2 amide bonds. The molecule has 0 bridgehead atoms. The molecule has 2 N–H and O–H groups in total. The molecule has 138 valence electrons. The molecule has 0 fully saturated rings. The molecule has 3 rings (SSSR count). The van der Waals surface area contributed by atoms with Crippen LogP contribution in [0.4, 0.5) is 11.4 Å². The van der Waals surface area contributed by atoms with E-state index in [9.17, 15) is 19.5 Å². The van der Waals surface area contributed by atoms with Crippen LogP contribution in [-0.2, 0) is 14.3 Å². The van der Waals surface area contributed by atoms with E-state index in [0.29, 0.717) is 0 Å². The number of halogens is 1. The van der Waals surface area contributed by atoms with Gasteiger partial charge in [-0.05, 0) is 48.9 Å². The van der Waals surface area contributed by atoms with E-state index in [4.69, 9.17) is 11.6 Å². The summed E-state index contributed by atoms with van der Waals surface area (Å²) in [6.45, 7) is 1.82. The molecule has 0 aliphatic carbocycles. The highest BCUT2D eigenvalue weighted by Crippen LogP contribution is 2.33. The maximum Gasteiger partial charge on any atom is 0.337 e. The summed E-state index contributed by atoms with van der Waals surface area (Å²) in [4.78, 5) is 37.6. The highest BCUT2D eigenvalue weighted by molar-refractivity contribution is 6.53. The maximum atomic E-state index is 12.7. The van der Waals surface area contributed by atoms with Crippen molar-refractivity contribution in [3.63, 3.8) is 0 Å². The topological polar surface area (TPSA) is 95.9 Å². The first kappa shape index (κ1) is 18.5. The molecule has 27 heavy (non-hydrogen) atoms. The van der Waals surface area contributed by atoms with E-state index < -0.39 is 17.8 Å². The molecule has 1 aliphatic rings. The van der Waals surface area contributed by atoms with Gasteiger partial charge >= 0.3 is 5.97 Å². The number of aromatic hydroxyl groups is 1. The number of phenolic OH excluding ortho intramolecular Hbond substituents is 1. The lowest BCUT2D eigenvalue weighted by atomic mass is 10.2. The van der Waals surface area contributed by atoms with E-state index in [1.807, 2.05) is 6.92 Å². The lowest BCUT2D eigenvalue weighted by molar-refractivity contribution is -0.120. The second-order valence-electron chi connectivity index (χ2n) is 5.82. The van der Waals surface area contributed by atoms with Gasteiger partial charge in [0.2, 0.25) is 0 Å². The number of amides is 2. The van der Waals surface area contributed by atoms with Crippen molar-refractivity contribution < 1.29 is 24.2 Å². The molecule has 0 saturated carbocycles. The molecule has 7 nitrogen and oxygen atoms in total. The van der Waals surface area contributed by atoms with Crippen molar-refractivity contribution in [2.45, 2.75) is 6.92 Å². The fraction of sp³-hybridized carbons (Fsp3) is 0.105. The number of carbonyl (C=O) groups is 3. The number of nitrogens with one attached hydrogen (secondary N) is 1. The van der Waals surface area contributed by atoms with Crippen LogP contribution < -0.4 is 10.2 Å². The summed E-state index contributed by atoms with van der Waals surface area (Å²) in [5, 5.41) is 12.4. The van der Waals surface area contributed by atoms with E-state index in [2.05, 4.69) is 10.1 Å². The summed E-state index contributed by atoms with van der Waals surface area (Å²) in [6.07, 6.45) is 0. The highest BCUT2D eigenvalue weighted by atomic mass is 35.5. The van der Waals surface area contributed by atoms with Gasteiger partial charge in [0.15, 0.2) is 0 Å². The van der Waals surface area contributed by atoms with E-state index in [1.165, 1.54) is 37.4 Å². The molecule has 0 unspecified atom stereocenters. The molecule has 1 heterocycles. The third-order valence-corrected chi connectivity index (χ3v) is 4.34. The van der Waals surface area contributed by atoms with Crippen molar-refractivity contribution in [3.05, 3.63) is 64.3 Å². The van der Waals surface area contributed by atoms with Gasteiger partial charge in [0.25, 0.3) is 11.8 Å². The Kier molecular flexibility index (Phi) is 4.87. The summed E-state index contributed by atoms with van der Waals surface area (Å²) < 4.78 is 4.62. The second kappa shape index (κ2) is 7.13. The maximum absolute atomic E-state index is 12.7. The first-order valence-corrected chi connectivity index (χ1v) is 8.25. The van der Waals surface area contributed by atoms with Gasteiger partial charge in [-0.25, -0.2) is 9.69 Å². The Morgan fingerprint density at radius 2 is 1.78 bits per heavy atom. The van der Waals surface area contributed by atoms with Crippen molar-refractivity contribution >= 4 is 40.8 Å². The molecule has 1 aliphatic heterocycles. The van der Waals surface area contributed by atoms with Crippen molar-refractivity contribution in [1.82, 2.24) is 0 Å². The molecule has 0 saturated heterocycles. The average Bonchev–Trinajstić information content (AvgIpc) is 2.87. The number of aryl methyl sites for hydroxylation is 1. The zero-order chi connectivity index (χ0) is 19.7. The molecule has 2 aromatic carbocycles. The standard InChI is InChI=1S/C19H15ClN2O5/c1-10-3-8-14(23)13(9-10)21-16-15(20)17(24)22(18(16)25)12-6-4-11(5-7-12)19(26)27-2/h3-9,21,23H,1-2H3. The van der Waals surface area contributed by atoms with Crippen LogP contribution in [0.15, 0.2) is 53.2 Å². The fourth-order valence-corrected chi connectivity index (χ4v) is 2.81. The Morgan fingerprint density at radius 1 is 1.11 bits per heavy atom. The van der Waals surface area contributed by atoms with Gasteiger partial charge in [-0.1, -0.05) is 17.7 Å². The fourth-order valence-electron chi connectivity index (χ4n) is 2.59. The summed E-state index contributed by atoms with van der Waals surface area (Å²) in [7, 11) is 1.26. The van der Waals surface area contributed by atoms with Crippen LogP contribution >= 0.6 is 11.6 Å². The van der Waals surface area contributed by atoms with Crippen LogP contribution in [0, 0.1) is 6.92 Å². The van der Waals surface area contributed by atoms with Gasteiger partial charge in [0.05, 0.1) is 24.0 Å². The van der Waals surface area contributed by atoms with Crippen molar-refractivity contribution in [2.24, 2.45) is 0 Å². The zero-order valence-corrected chi connectivity index (χ0v) is 15.2. The number of methoxy groups -OCH3 is 1. The van der Waals surface area contributed by atoms with Crippen LogP contribution in [-0.4, -0.2) is 30.0 Å². The van der Waals surface area contributed by atoms with E-state index >= 15 is 0 Å². The van der Waals surface area contributed by atoms with Crippen molar-refractivity contribution in [1.29, 1.82) is 0 Å². The molecule has 0 atom stereocenters. The van der Waals surface area contributed by atoms with Crippen molar-refractivity contribution in [2.75, 3.05) is 17.3 Å². The normalized spacial score (nSPS) is 14.0. The number of esters is 1. The van der Waals surface area contributed by atoms with Gasteiger partial charge in [0.1, 0.15) is 16.5 Å². The number of imide groups is 1. The van der Waals surface area contributed by atoms with Crippen LogP contribution in [0.2, 0.25) is 0 Å². The monoisotopic (exact) mass is 386 g/mol. The van der Waals surface area contributed by atoms with Crippen LogP contribution in [0.1, 0.15) is 15.9 Å². The first-order valence-electron chi connectivity index (χ1n) is 7.87. The van der Waals surface area contributed by atoms with Gasteiger partial charge in [0, 0.05) is 0 Å². The zero-order valence-electron chi connectivity index (χ0n) is 14.4. The number of phenols is 1. The Hall–Kier alpha value is -3.32. The summed E-state index contributed by atoms with van der Waals surface area (Å²) in [5.41, 5.74) is 1.49. The third kappa shape index (κ3) is 3.37. The number of hydrogen-bond donors (Lipinski definition) is 2. The minimum Gasteiger partial charge on any atom is -0.506 e. The number of benzene rings is 2. The number of ether oxygens (including phenoxy) is 1. The molecular formula is C19H15ClN2O5. The van der Waals surface area contributed by atoms with Crippen LogP contribution in [0.5, 0.6) is 5.75 Å². The first-order chi connectivity index (χ1) is 12.8. The predicted molar refractivity (Wildman–Crippen MR) is 99.6 cm³/mol. The van der Waals surface area contributed by atoms with E-state index in [-0.39, 0.29) is 33.4 Å². The molecule has 0 spiro atoms. The number of anilines is 2. The lowest BCUT2D eigenvalue weighted by Crippen LogP contribution is -2.32. The third-order valence-electron chi connectivity index (χ3n) is 3.99. The molecule has 2 aromatic rings. The van der Waals surface area contributed by atoms with Gasteiger partial charge in [-0.3, -0.25) is 9.59 Å². The van der Waals surface area contributed by atoms with Gasteiger partial charge in [-0.15, -0.1) is 0 Å². The van der Waals surface area contributed by atoms with Gasteiger partial charge < -0.3 is 15.2 Å². The van der Waals surface area contributed by atoms with E-state index in [1.54, 1.807) is 12.1 Å². The highest BCUT2D eigenvalue weighted by Gasteiger charge is 2.39. The van der Waals surface area contributed by atoms with Crippen LogP contribution in [0.25, 0.3) is 0 Å². The largest absolute Gasteiger partial charge is 0.506 e. The number of rotatable bonds is 4. The summed E-state index contributed by atoms with van der Waals surface area (Å²) >= 11 is 6.06. The summed E-state index contributed by atoms with van der Waals surface area (Å²) in [6, 6.07) is 10.6. The Morgan fingerprint density at radius 3 is 2.41 bits per heavy atom. The number of carbonyl (C=O) groups excluding carboxylic acids is 3. The van der Waals surface area contributed by atoms with E-state index in [0.717, 1.165) is 10.5 Å².